The Balaban J connectivity index is 2.28. The van der Waals surface area contributed by atoms with E-state index in [1.807, 2.05) is 0 Å². The van der Waals surface area contributed by atoms with E-state index >= 15 is 0 Å². The number of primary amides is 1. The number of nitrogen functional groups attached to an aromatic ring is 1. The third-order valence-corrected chi connectivity index (χ3v) is 2.58. The first-order valence-electron chi connectivity index (χ1n) is 5.71. The molecule has 5 nitrogen and oxygen atoms in total. The van der Waals surface area contributed by atoms with Gasteiger partial charge in [-0.25, -0.2) is 4.39 Å². The van der Waals surface area contributed by atoms with Crippen molar-refractivity contribution in [3.63, 3.8) is 0 Å². The van der Waals surface area contributed by atoms with Crippen LogP contribution >= 0.6 is 0 Å². The largest absolute Gasteiger partial charge is 0.497 e. The van der Waals surface area contributed by atoms with Crippen LogP contribution in [-0.4, -0.2) is 13.0 Å². The van der Waals surface area contributed by atoms with Gasteiger partial charge in [0.15, 0.2) is 0 Å². The second-order valence-corrected chi connectivity index (χ2v) is 4.05. The molecule has 0 saturated carbocycles. The molecule has 6 heteroatoms. The van der Waals surface area contributed by atoms with E-state index < -0.39 is 11.7 Å². The summed E-state index contributed by atoms with van der Waals surface area (Å²) in [5, 5.41) is 0. The van der Waals surface area contributed by atoms with Crippen LogP contribution in [0.3, 0.4) is 0 Å². The van der Waals surface area contributed by atoms with E-state index in [2.05, 4.69) is 0 Å². The van der Waals surface area contributed by atoms with Gasteiger partial charge >= 0.3 is 0 Å². The Hall–Kier alpha value is -2.76. The van der Waals surface area contributed by atoms with Crippen LogP contribution in [0.1, 0.15) is 10.4 Å². The smallest absolute Gasteiger partial charge is 0.251 e. The number of ether oxygens (including phenoxy) is 2. The fourth-order valence-electron chi connectivity index (χ4n) is 1.67. The van der Waals surface area contributed by atoms with Crippen molar-refractivity contribution in [2.75, 3.05) is 12.8 Å². The number of amides is 1. The van der Waals surface area contributed by atoms with E-state index in [9.17, 15) is 9.18 Å². The maximum atomic E-state index is 13.6. The molecule has 1 amide bonds. The van der Waals surface area contributed by atoms with Gasteiger partial charge in [-0.2, -0.15) is 0 Å². The zero-order valence-electron chi connectivity index (χ0n) is 10.7. The molecular formula is C14H13FN2O3. The summed E-state index contributed by atoms with van der Waals surface area (Å²) < 4.78 is 24.1. The second-order valence-electron chi connectivity index (χ2n) is 4.05. The van der Waals surface area contributed by atoms with Crippen LogP contribution in [-0.2, 0) is 0 Å². The van der Waals surface area contributed by atoms with Gasteiger partial charge in [0.2, 0.25) is 0 Å². The molecule has 0 spiro atoms. The SMILES string of the molecule is COc1cc(N)cc(Oc2ccc(C(N)=O)c(F)c2)c1. The number of carbonyl (C=O) groups excluding carboxylic acids is 1. The van der Waals surface area contributed by atoms with Gasteiger partial charge in [0.25, 0.3) is 5.91 Å². The second kappa shape index (κ2) is 5.48. The molecule has 0 atom stereocenters. The normalized spacial score (nSPS) is 10.1. The standard InChI is InChI=1S/C14H13FN2O3/c1-19-10-4-8(16)5-11(6-10)20-9-2-3-12(14(17)18)13(15)7-9/h2-7H,16H2,1H3,(H2,17,18). The van der Waals surface area contributed by atoms with Gasteiger partial charge in [0.1, 0.15) is 23.1 Å². The number of hydrogen-bond donors (Lipinski definition) is 2. The van der Waals surface area contributed by atoms with Gasteiger partial charge < -0.3 is 20.9 Å². The molecule has 0 aromatic heterocycles. The molecule has 0 fully saturated rings. The lowest BCUT2D eigenvalue weighted by molar-refractivity contribution is 0.0996. The average molecular weight is 276 g/mol. The molecule has 0 saturated heterocycles. The molecule has 0 heterocycles. The zero-order valence-corrected chi connectivity index (χ0v) is 10.7. The molecule has 20 heavy (non-hydrogen) atoms. The minimum atomic E-state index is -0.834. The number of benzene rings is 2. The Morgan fingerprint density at radius 2 is 1.80 bits per heavy atom. The van der Waals surface area contributed by atoms with E-state index in [1.165, 1.54) is 19.2 Å². The number of anilines is 1. The predicted octanol–water partition coefficient (Wildman–Crippen LogP) is 2.31. The van der Waals surface area contributed by atoms with Crippen LogP contribution in [0.25, 0.3) is 0 Å². The number of methoxy groups -OCH3 is 1. The summed E-state index contributed by atoms with van der Waals surface area (Å²) in [5.74, 6) is -0.437. The predicted molar refractivity (Wildman–Crippen MR) is 72.4 cm³/mol. The van der Waals surface area contributed by atoms with Crippen molar-refractivity contribution < 1.29 is 18.7 Å². The Bertz CT molecular complexity index is 659. The summed E-state index contributed by atoms with van der Waals surface area (Å²) in [5.41, 5.74) is 11.0. The van der Waals surface area contributed by atoms with Crippen molar-refractivity contribution in [2.45, 2.75) is 0 Å². The highest BCUT2D eigenvalue weighted by atomic mass is 19.1. The fourth-order valence-corrected chi connectivity index (χ4v) is 1.67. The first kappa shape index (κ1) is 13.7. The Kier molecular flexibility index (Phi) is 3.74. The van der Waals surface area contributed by atoms with Gasteiger partial charge in [-0.05, 0) is 12.1 Å². The summed E-state index contributed by atoms with van der Waals surface area (Å²) in [6.07, 6.45) is 0. The van der Waals surface area contributed by atoms with Crippen LogP contribution in [0.4, 0.5) is 10.1 Å². The van der Waals surface area contributed by atoms with Crippen molar-refractivity contribution in [3.8, 4) is 17.2 Å². The molecule has 104 valence electrons. The number of nitrogens with two attached hydrogens (primary N) is 2. The lowest BCUT2D eigenvalue weighted by Gasteiger charge is -2.09. The highest BCUT2D eigenvalue weighted by Crippen LogP contribution is 2.29. The lowest BCUT2D eigenvalue weighted by atomic mass is 10.2. The van der Waals surface area contributed by atoms with E-state index in [4.69, 9.17) is 20.9 Å². The van der Waals surface area contributed by atoms with Crippen molar-refractivity contribution in [2.24, 2.45) is 5.73 Å². The lowest BCUT2D eigenvalue weighted by Crippen LogP contribution is -2.12. The molecule has 2 aromatic rings. The van der Waals surface area contributed by atoms with Gasteiger partial charge in [-0.15, -0.1) is 0 Å². The summed E-state index contributed by atoms with van der Waals surface area (Å²) in [7, 11) is 1.50. The Morgan fingerprint density at radius 1 is 1.10 bits per heavy atom. The van der Waals surface area contributed by atoms with Crippen LogP contribution in [0.15, 0.2) is 36.4 Å². The third-order valence-electron chi connectivity index (χ3n) is 2.58. The van der Waals surface area contributed by atoms with Gasteiger partial charge in [-0.1, -0.05) is 0 Å². The molecule has 0 bridgehead atoms. The van der Waals surface area contributed by atoms with Crippen LogP contribution in [0.5, 0.6) is 17.2 Å². The molecule has 0 aliphatic rings. The quantitative estimate of drug-likeness (QED) is 0.839. The molecule has 2 aromatic carbocycles. The average Bonchev–Trinajstić information content (AvgIpc) is 2.37. The van der Waals surface area contributed by atoms with Gasteiger partial charge in [0.05, 0.1) is 12.7 Å². The van der Waals surface area contributed by atoms with Crippen molar-refractivity contribution in [1.29, 1.82) is 0 Å². The Labute approximate surface area is 114 Å². The molecule has 4 N–H and O–H groups in total. The van der Waals surface area contributed by atoms with Crippen LogP contribution in [0, 0.1) is 5.82 Å². The van der Waals surface area contributed by atoms with Crippen molar-refractivity contribution >= 4 is 11.6 Å². The molecule has 0 aliphatic heterocycles. The van der Waals surface area contributed by atoms with Crippen molar-refractivity contribution in [3.05, 3.63) is 47.8 Å². The number of rotatable bonds is 4. The van der Waals surface area contributed by atoms with E-state index in [-0.39, 0.29) is 11.3 Å². The summed E-state index contributed by atoms with van der Waals surface area (Å²) in [4.78, 5) is 10.9. The monoisotopic (exact) mass is 276 g/mol. The first-order valence-corrected chi connectivity index (χ1v) is 5.71. The summed E-state index contributed by atoms with van der Waals surface area (Å²) >= 11 is 0. The molecule has 0 unspecified atom stereocenters. The van der Waals surface area contributed by atoms with Gasteiger partial charge in [-0.3, -0.25) is 4.79 Å². The Morgan fingerprint density at radius 3 is 2.40 bits per heavy atom. The molecule has 2 rings (SSSR count). The first-order chi connectivity index (χ1) is 9.49. The van der Waals surface area contributed by atoms with Crippen LogP contribution < -0.4 is 20.9 Å². The van der Waals surface area contributed by atoms with Gasteiger partial charge in [0, 0.05) is 30.0 Å². The zero-order chi connectivity index (χ0) is 14.7. The molecule has 0 radical (unpaired) electrons. The maximum absolute atomic E-state index is 13.6. The highest BCUT2D eigenvalue weighted by Gasteiger charge is 2.10. The fraction of sp³-hybridized carbons (Fsp3) is 0.0714. The summed E-state index contributed by atoms with van der Waals surface area (Å²) in [6, 6.07) is 8.59. The number of carbonyl (C=O) groups is 1. The van der Waals surface area contributed by atoms with E-state index in [0.717, 1.165) is 6.07 Å². The minimum absolute atomic E-state index is 0.192. The number of hydrogen-bond acceptors (Lipinski definition) is 4. The summed E-state index contributed by atoms with van der Waals surface area (Å²) in [6.45, 7) is 0. The van der Waals surface area contributed by atoms with E-state index in [0.29, 0.717) is 17.2 Å². The van der Waals surface area contributed by atoms with Crippen LogP contribution in [0.2, 0.25) is 0 Å². The maximum Gasteiger partial charge on any atom is 0.251 e. The van der Waals surface area contributed by atoms with E-state index in [1.54, 1.807) is 18.2 Å². The molecular weight excluding hydrogens is 263 g/mol. The highest BCUT2D eigenvalue weighted by molar-refractivity contribution is 5.93. The minimum Gasteiger partial charge on any atom is -0.497 e. The third kappa shape index (κ3) is 2.97. The number of halogens is 1. The molecule has 0 aliphatic carbocycles. The van der Waals surface area contributed by atoms with Crippen molar-refractivity contribution in [1.82, 2.24) is 0 Å². The topological polar surface area (TPSA) is 87.6 Å².